The number of thiol groups is 1. The minimum absolute atomic E-state index is 0.0846. The third kappa shape index (κ3) is 3.97. The van der Waals surface area contributed by atoms with Gasteiger partial charge >= 0.3 is 5.97 Å². The Balaban J connectivity index is 1.65. The van der Waals surface area contributed by atoms with Crippen molar-refractivity contribution in [3.05, 3.63) is 71.8 Å². The van der Waals surface area contributed by atoms with Gasteiger partial charge in [0.1, 0.15) is 11.4 Å². The van der Waals surface area contributed by atoms with Gasteiger partial charge in [0.05, 0.1) is 0 Å². The molecule has 1 heterocycles. The molecule has 30 heavy (non-hydrogen) atoms. The van der Waals surface area contributed by atoms with Gasteiger partial charge in [0.15, 0.2) is 6.61 Å². The SMILES string of the molecule is Cc1cc([SH]2c3ccccc3-c3ccccc32)cc(C)c1OCC(=O)OC(C)(C)C. The maximum absolute atomic E-state index is 12.1. The van der Waals surface area contributed by atoms with Crippen LogP contribution in [0, 0.1) is 13.8 Å². The first-order valence-corrected chi connectivity index (χ1v) is 11.5. The van der Waals surface area contributed by atoms with E-state index < -0.39 is 16.5 Å². The molecule has 0 unspecified atom stereocenters. The molecular formula is C26H28O3S. The fourth-order valence-corrected chi connectivity index (χ4v) is 6.79. The summed E-state index contributed by atoms with van der Waals surface area (Å²) in [5.41, 5.74) is 4.23. The van der Waals surface area contributed by atoms with Gasteiger partial charge in [-0.2, -0.15) is 10.9 Å². The van der Waals surface area contributed by atoms with E-state index in [1.54, 1.807) is 0 Å². The lowest BCUT2D eigenvalue weighted by molar-refractivity contribution is -0.157. The average molecular weight is 421 g/mol. The third-order valence-corrected chi connectivity index (χ3v) is 7.56. The normalized spacial score (nSPS) is 13.6. The molecule has 4 heteroatoms. The van der Waals surface area contributed by atoms with Crippen LogP contribution in [0.1, 0.15) is 31.9 Å². The van der Waals surface area contributed by atoms with Crippen LogP contribution in [0.2, 0.25) is 0 Å². The predicted molar refractivity (Wildman–Crippen MR) is 123 cm³/mol. The number of esters is 1. The molecule has 1 aliphatic heterocycles. The zero-order valence-electron chi connectivity index (χ0n) is 18.2. The third-order valence-electron chi connectivity index (χ3n) is 5.04. The number of fused-ring (bicyclic) bond motifs is 3. The quantitative estimate of drug-likeness (QED) is 0.303. The number of benzene rings is 3. The van der Waals surface area contributed by atoms with Gasteiger partial charge in [0.2, 0.25) is 0 Å². The Morgan fingerprint density at radius 3 is 1.87 bits per heavy atom. The lowest BCUT2D eigenvalue weighted by Crippen LogP contribution is -2.27. The fourth-order valence-electron chi connectivity index (χ4n) is 3.99. The van der Waals surface area contributed by atoms with Crippen LogP contribution >= 0.6 is 10.9 Å². The van der Waals surface area contributed by atoms with E-state index in [2.05, 4.69) is 60.7 Å². The smallest absolute Gasteiger partial charge is 0.344 e. The number of rotatable bonds is 4. The number of carbonyl (C=O) groups is 1. The second-order valence-electron chi connectivity index (χ2n) is 8.65. The van der Waals surface area contributed by atoms with E-state index in [4.69, 9.17) is 9.47 Å². The Kier molecular flexibility index (Phi) is 5.37. The number of ether oxygens (including phenoxy) is 2. The van der Waals surface area contributed by atoms with Crippen LogP contribution < -0.4 is 4.74 Å². The summed E-state index contributed by atoms with van der Waals surface area (Å²) in [5.74, 6) is 0.411. The molecule has 0 bridgehead atoms. The molecule has 0 spiro atoms. The van der Waals surface area contributed by atoms with E-state index in [9.17, 15) is 4.79 Å². The summed E-state index contributed by atoms with van der Waals surface area (Å²) < 4.78 is 11.2. The second kappa shape index (κ2) is 7.84. The number of hydrogen-bond acceptors (Lipinski definition) is 3. The molecular weight excluding hydrogens is 392 g/mol. The molecule has 0 aliphatic carbocycles. The summed E-state index contributed by atoms with van der Waals surface area (Å²) in [5, 5.41) is 0. The Labute approximate surface area is 181 Å². The highest BCUT2D eigenvalue weighted by atomic mass is 32.2. The molecule has 3 nitrogen and oxygen atoms in total. The molecule has 3 aromatic carbocycles. The number of aryl methyl sites for hydroxylation is 2. The molecule has 1 aliphatic rings. The van der Waals surface area contributed by atoms with Gasteiger partial charge in [0.25, 0.3) is 0 Å². The van der Waals surface area contributed by atoms with Crippen molar-refractivity contribution in [1.82, 2.24) is 0 Å². The van der Waals surface area contributed by atoms with Gasteiger partial charge in [-0.3, -0.25) is 0 Å². The number of carbonyl (C=O) groups excluding carboxylic acids is 1. The molecule has 4 rings (SSSR count). The molecule has 0 saturated carbocycles. The Hall–Kier alpha value is -2.72. The van der Waals surface area contributed by atoms with Gasteiger partial charge in [-0.25, -0.2) is 4.79 Å². The largest absolute Gasteiger partial charge is 0.481 e. The van der Waals surface area contributed by atoms with Crippen LogP contribution in [0.5, 0.6) is 5.75 Å². The average Bonchev–Trinajstić information content (AvgIpc) is 3.00. The maximum Gasteiger partial charge on any atom is 0.344 e. The van der Waals surface area contributed by atoms with Crippen LogP contribution in [-0.2, 0) is 9.53 Å². The summed E-state index contributed by atoms with van der Waals surface area (Å²) >= 11 is 0. The monoisotopic (exact) mass is 420 g/mol. The maximum atomic E-state index is 12.1. The van der Waals surface area contributed by atoms with Crippen LogP contribution in [0.15, 0.2) is 75.4 Å². The number of hydrogen-bond donors (Lipinski definition) is 1. The topological polar surface area (TPSA) is 35.5 Å². The standard InChI is InChI=1S/C26H28O3S/c1-17-14-19(15-18(2)25(17)28-16-24(27)29-26(3,4)5)30-22-12-8-6-10-20(22)21-11-7-9-13-23(21)30/h6-15,30H,16H2,1-5H3. The molecule has 156 valence electrons. The van der Waals surface area contributed by atoms with Crippen molar-refractivity contribution in [3.8, 4) is 16.9 Å². The molecule has 0 amide bonds. The zero-order valence-corrected chi connectivity index (χ0v) is 19.0. The molecule has 0 N–H and O–H groups in total. The van der Waals surface area contributed by atoms with Crippen molar-refractivity contribution >= 4 is 16.9 Å². The fraction of sp³-hybridized carbons (Fsp3) is 0.269. The minimum Gasteiger partial charge on any atom is -0.481 e. The lowest BCUT2D eigenvalue weighted by Gasteiger charge is -2.23. The van der Waals surface area contributed by atoms with Crippen molar-refractivity contribution in [2.75, 3.05) is 6.61 Å². The van der Waals surface area contributed by atoms with Crippen molar-refractivity contribution < 1.29 is 14.3 Å². The highest BCUT2D eigenvalue weighted by Crippen LogP contribution is 2.62. The van der Waals surface area contributed by atoms with Crippen LogP contribution in [0.4, 0.5) is 0 Å². The van der Waals surface area contributed by atoms with E-state index in [0.717, 1.165) is 16.9 Å². The summed E-state index contributed by atoms with van der Waals surface area (Å²) in [7, 11) is -0.604. The molecule has 3 aromatic rings. The van der Waals surface area contributed by atoms with Crippen LogP contribution in [0.25, 0.3) is 11.1 Å². The summed E-state index contributed by atoms with van der Waals surface area (Å²) in [6.45, 7) is 9.58. The van der Waals surface area contributed by atoms with Crippen molar-refractivity contribution in [1.29, 1.82) is 0 Å². The van der Waals surface area contributed by atoms with Crippen molar-refractivity contribution in [3.63, 3.8) is 0 Å². The van der Waals surface area contributed by atoms with Crippen LogP contribution in [-0.4, -0.2) is 18.2 Å². The first-order chi connectivity index (χ1) is 14.2. The minimum atomic E-state index is -0.604. The molecule has 0 radical (unpaired) electrons. The van der Waals surface area contributed by atoms with Gasteiger partial charge in [-0.1, -0.05) is 36.4 Å². The highest BCUT2D eigenvalue weighted by Gasteiger charge is 2.27. The van der Waals surface area contributed by atoms with Crippen LogP contribution in [0.3, 0.4) is 0 Å². The van der Waals surface area contributed by atoms with Gasteiger partial charge in [-0.15, -0.1) is 0 Å². The van der Waals surface area contributed by atoms with Gasteiger partial charge in [0, 0.05) is 9.79 Å². The van der Waals surface area contributed by atoms with Crippen molar-refractivity contribution in [2.45, 2.75) is 54.9 Å². The van der Waals surface area contributed by atoms with E-state index >= 15 is 0 Å². The highest BCUT2D eigenvalue weighted by molar-refractivity contribution is 8.17. The first kappa shape index (κ1) is 20.5. The summed E-state index contributed by atoms with van der Waals surface area (Å²) in [6.07, 6.45) is 0. The Morgan fingerprint density at radius 1 is 0.867 bits per heavy atom. The van der Waals surface area contributed by atoms with E-state index in [1.807, 2.05) is 34.6 Å². The Bertz CT molecular complexity index is 1040. The predicted octanol–water partition coefficient (Wildman–Crippen LogP) is 6.48. The lowest BCUT2D eigenvalue weighted by atomic mass is 10.1. The summed E-state index contributed by atoms with van der Waals surface area (Å²) in [4.78, 5) is 16.2. The Morgan fingerprint density at radius 2 is 1.37 bits per heavy atom. The van der Waals surface area contributed by atoms with Gasteiger partial charge < -0.3 is 9.47 Å². The molecule has 0 fully saturated rings. The van der Waals surface area contributed by atoms with Crippen molar-refractivity contribution in [2.24, 2.45) is 0 Å². The molecule has 0 saturated heterocycles. The van der Waals surface area contributed by atoms with Gasteiger partial charge in [-0.05, 0) is 86.0 Å². The molecule has 0 aromatic heterocycles. The summed E-state index contributed by atoms with van der Waals surface area (Å²) in [6, 6.07) is 21.8. The first-order valence-electron chi connectivity index (χ1n) is 10.2. The second-order valence-corrected chi connectivity index (χ2v) is 10.8. The van der Waals surface area contributed by atoms with E-state index in [-0.39, 0.29) is 12.6 Å². The van der Waals surface area contributed by atoms with E-state index in [1.165, 1.54) is 25.8 Å². The molecule has 0 atom stereocenters. The van der Waals surface area contributed by atoms with E-state index in [0.29, 0.717) is 0 Å². The zero-order chi connectivity index (χ0) is 21.5.